The molecule has 0 unspecified atom stereocenters. The van der Waals surface area contributed by atoms with Crippen molar-refractivity contribution in [3.8, 4) is 22.5 Å². The first-order chi connectivity index (χ1) is 18.3. The van der Waals surface area contributed by atoms with E-state index in [2.05, 4.69) is 29.6 Å². The van der Waals surface area contributed by atoms with E-state index < -0.39 is 0 Å². The second-order valence-electron chi connectivity index (χ2n) is 8.65. The first-order valence-electron chi connectivity index (χ1n) is 12.1. The van der Waals surface area contributed by atoms with Crippen molar-refractivity contribution in [3.63, 3.8) is 0 Å². The number of aromatic nitrogens is 2. The molecule has 178 valence electrons. The normalized spacial score (nSPS) is 11.0. The Bertz CT molecular complexity index is 1720. The number of rotatable bonds is 6. The summed E-state index contributed by atoms with van der Waals surface area (Å²) in [6.45, 7) is 0. The number of thioether (sulfide) groups is 1. The molecule has 0 aliphatic carbocycles. The van der Waals surface area contributed by atoms with Gasteiger partial charge in [0.1, 0.15) is 5.03 Å². The molecule has 0 bridgehead atoms. The number of para-hydroxylation sites is 1. The van der Waals surface area contributed by atoms with Gasteiger partial charge in [-0.25, -0.2) is 9.97 Å². The molecule has 1 aromatic heterocycles. The summed E-state index contributed by atoms with van der Waals surface area (Å²) in [5.74, 6) is 0.806. The maximum Gasteiger partial charge on any atom is 0.234 e. The van der Waals surface area contributed by atoms with E-state index in [4.69, 9.17) is 9.97 Å². The highest BCUT2D eigenvalue weighted by atomic mass is 32.2. The maximum absolute atomic E-state index is 13.1. The van der Waals surface area contributed by atoms with E-state index in [-0.39, 0.29) is 11.7 Å². The molecule has 0 spiro atoms. The largest absolute Gasteiger partial charge is 0.325 e. The number of carbonyl (C=O) groups excluding carboxylic acids is 1. The van der Waals surface area contributed by atoms with E-state index in [0.29, 0.717) is 5.82 Å². The molecule has 1 N–H and O–H groups in total. The quantitative estimate of drug-likeness (QED) is 0.145. The highest BCUT2D eigenvalue weighted by Gasteiger charge is 2.15. The number of hydrogen-bond donors (Lipinski definition) is 1. The zero-order valence-electron chi connectivity index (χ0n) is 20.0. The molecule has 5 heteroatoms. The minimum atomic E-state index is -0.0813. The molecule has 6 aromatic rings. The van der Waals surface area contributed by atoms with Crippen LogP contribution in [0, 0.1) is 0 Å². The summed E-state index contributed by atoms with van der Waals surface area (Å²) in [6.07, 6.45) is 0. The van der Waals surface area contributed by atoms with Gasteiger partial charge in [-0.05, 0) is 23.1 Å². The number of carbonyl (C=O) groups is 1. The second-order valence-corrected chi connectivity index (χ2v) is 9.61. The van der Waals surface area contributed by atoms with Crippen LogP contribution in [-0.2, 0) is 4.79 Å². The Morgan fingerprint density at radius 3 is 2.14 bits per heavy atom. The molecular formula is C32H23N3OS. The summed E-state index contributed by atoms with van der Waals surface area (Å²) < 4.78 is 0. The SMILES string of the molecule is O=C(CSc1nc(-c2ccccc2)nc2c1ccc1ccccc12)Nc1ccccc1-c1ccccc1. The highest BCUT2D eigenvalue weighted by Crippen LogP contribution is 2.33. The molecule has 0 radical (unpaired) electrons. The number of fused-ring (bicyclic) bond motifs is 3. The molecule has 0 saturated carbocycles. The molecule has 1 amide bonds. The van der Waals surface area contributed by atoms with Gasteiger partial charge in [0.25, 0.3) is 0 Å². The third kappa shape index (κ3) is 4.82. The van der Waals surface area contributed by atoms with Crippen molar-refractivity contribution in [2.24, 2.45) is 0 Å². The van der Waals surface area contributed by atoms with Gasteiger partial charge in [-0.2, -0.15) is 0 Å². The van der Waals surface area contributed by atoms with Crippen molar-refractivity contribution >= 4 is 45.0 Å². The summed E-state index contributed by atoms with van der Waals surface area (Å²) in [6, 6.07) is 40.3. The molecule has 0 saturated heterocycles. The summed E-state index contributed by atoms with van der Waals surface area (Å²) in [7, 11) is 0. The van der Waals surface area contributed by atoms with Crippen molar-refractivity contribution in [2.45, 2.75) is 5.03 Å². The van der Waals surface area contributed by atoms with Crippen LogP contribution in [0.1, 0.15) is 0 Å². The van der Waals surface area contributed by atoms with Gasteiger partial charge >= 0.3 is 0 Å². The third-order valence-electron chi connectivity index (χ3n) is 6.21. The predicted octanol–water partition coefficient (Wildman–Crippen LogP) is 7.85. The lowest BCUT2D eigenvalue weighted by Gasteiger charge is -2.13. The van der Waals surface area contributed by atoms with Gasteiger partial charge in [-0.1, -0.05) is 121 Å². The van der Waals surface area contributed by atoms with Crippen LogP contribution in [-0.4, -0.2) is 21.6 Å². The van der Waals surface area contributed by atoms with E-state index in [9.17, 15) is 4.79 Å². The summed E-state index contributed by atoms with van der Waals surface area (Å²) >= 11 is 1.43. The Hall–Kier alpha value is -4.48. The Morgan fingerprint density at radius 1 is 0.649 bits per heavy atom. The molecule has 37 heavy (non-hydrogen) atoms. The van der Waals surface area contributed by atoms with E-state index in [1.165, 1.54) is 11.8 Å². The average molecular weight is 498 g/mol. The molecular weight excluding hydrogens is 474 g/mol. The van der Waals surface area contributed by atoms with Gasteiger partial charge in [0, 0.05) is 27.6 Å². The Morgan fingerprint density at radius 2 is 1.32 bits per heavy atom. The highest BCUT2D eigenvalue weighted by molar-refractivity contribution is 8.00. The van der Waals surface area contributed by atoms with Crippen LogP contribution in [0.4, 0.5) is 5.69 Å². The van der Waals surface area contributed by atoms with Crippen LogP contribution < -0.4 is 5.32 Å². The lowest BCUT2D eigenvalue weighted by molar-refractivity contribution is -0.113. The zero-order valence-corrected chi connectivity index (χ0v) is 20.8. The van der Waals surface area contributed by atoms with Crippen LogP contribution in [0.3, 0.4) is 0 Å². The zero-order chi connectivity index (χ0) is 25.0. The van der Waals surface area contributed by atoms with E-state index in [1.54, 1.807) is 0 Å². The summed E-state index contributed by atoms with van der Waals surface area (Å²) in [5, 5.41) is 7.03. The second kappa shape index (κ2) is 10.2. The maximum atomic E-state index is 13.1. The monoisotopic (exact) mass is 497 g/mol. The standard InChI is InChI=1S/C32H23N3OS/c36-29(33-28-18-10-9-16-25(28)22-11-3-1-4-12-22)21-37-32-27-20-19-23-13-7-8-17-26(23)30(27)34-31(35-32)24-14-5-2-6-15-24/h1-20H,21H2,(H,33,36). The fraction of sp³-hybridized carbons (Fsp3) is 0.0312. The molecule has 6 rings (SSSR count). The van der Waals surface area contributed by atoms with Crippen LogP contribution in [0.25, 0.3) is 44.2 Å². The number of nitrogens with one attached hydrogen (secondary N) is 1. The summed E-state index contributed by atoms with van der Waals surface area (Å²) in [4.78, 5) is 22.9. The van der Waals surface area contributed by atoms with Gasteiger partial charge in [-0.3, -0.25) is 4.79 Å². The lowest BCUT2D eigenvalue weighted by Crippen LogP contribution is -2.15. The average Bonchev–Trinajstić information content (AvgIpc) is 2.97. The molecule has 5 aromatic carbocycles. The van der Waals surface area contributed by atoms with Crippen molar-refractivity contribution < 1.29 is 4.79 Å². The molecule has 1 heterocycles. The first kappa shape index (κ1) is 23.0. The van der Waals surface area contributed by atoms with Crippen LogP contribution in [0.5, 0.6) is 0 Å². The van der Waals surface area contributed by atoms with Crippen molar-refractivity contribution in [2.75, 3.05) is 11.1 Å². The molecule has 4 nitrogen and oxygen atoms in total. The lowest BCUT2D eigenvalue weighted by atomic mass is 10.0. The number of nitrogens with zero attached hydrogens (tertiary/aromatic N) is 2. The van der Waals surface area contributed by atoms with Crippen molar-refractivity contribution in [1.29, 1.82) is 0 Å². The van der Waals surface area contributed by atoms with Gasteiger partial charge in [-0.15, -0.1) is 0 Å². The van der Waals surface area contributed by atoms with Crippen molar-refractivity contribution in [1.82, 2.24) is 9.97 Å². The topological polar surface area (TPSA) is 54.9 Å². The van der Waals surface area contributed by atoms with Gasteiger partial charge < -0.3 is 5.32 Å². The van der Waals surface area contributed by atoms with Gasteiger partial charge in [0.2, 0.25) is 5.91 Å². The van der Waals surface area contributed by atoms with Gasteiger partial charge in [0.15, 0.2) is 5.82 Å². The van der Waals surface area contributed by atoms with Crippen LogP contribution >= 0.6 is 11.8 Å². The minimum absolute atomic E-state index is 0.0813. The van der Waals surface area contributed by atoms with Crippen LogP contribution in [0.2, 0.25) is 0 Å². The predicted molar refractivity (Wildman–Crippen MR) is 154 cm³/mol. The van der Waals surface area contributed by atoms with Crippen molar-refractivity contribution in [3.05, 3.63) is 121 Å². The summed E-state index contributed by atoms with van der Waals surface area (Å²) in [5.41, 5.74) is 4.69. The molecule has 0 aliphatic heterocycles. The number of anilines is 1. The Kier molecular flexibility index (Phi) is 6.36. The molecule has 0 fully saturated rings. The van der Waals surface area contributed by atoms with Crippen LogP contribution in [0.15, 0.2) is 126 Å². The van der Waals surface area contributed by atoms with Gasteiger partial charge in [0.05, 0.1) is 11.3 Å². The van der Waals surface area contributed by atoms with E-state index in [1.807, 2.05) is 97.1 Å². The van der Waals surface area contributed by atoms with E-state index >= 15 is 0 Å². The number of amides is 1. The molecule has 0 atom stereocenters. The van der Waals surface area contributed by atoms with E-state index in [0.717, 1.165) is 49.1 Å². The Labute approximate surface area is 219 Å². The smallest absolute Gasteiger partial charge is 0.234 e. The Balaban J connectivity index is 1.33. The first-order valence-corrected chi connectivity index (χ1v) is 13.1. The fourth-order valence-corrected chi connectivity index (χ4v) is 5.25. The molecule has 0 aliphatic rings. The number of benzene rings is 5. The minimum Gasteiger partial charge on any atom is -0.325 e. The third-order valence-corrected chi connectivity index (χ3v) is 7.21. The number of hydrogen-bond acceptors (Lipinski definition) is 4. The fourth-order valence-electron chi connectivity index (χ4n) is 4.44.